The Balaban J connectivity index is 1.43. The maximum absolute atomic E-state index is 12.7. The highest BCUT2D eigenvalue weighted by molar-refractivity contribution is 5.95. The van der Waals surface area contributed by atoms with Gasteiger partial charge in [0.15, 0.2) is 11.3 Å². The number of carbonyl (C=O) groups is 1. The molecule has 2 fully saturated rings. The van der Waals surface area contributed by atoms with Crippen LogP contribution < -0.4 is 0 Å². The van der Waals surface area contributed by atoms with Crippen LogP contribution in [0.3, 0.4) is 0 Å². The molecule has 4 rings (SSSR count). The summed E-state index contributed by atoms with van der Waals surface area (Å²) in [7, 11) is 0. The number of hydrogen-bond donors (Lipinski definition) is 1. The largest absolute Gasteiger partial charge is 0.449 e. The molecular formula is C18H23N3O3. The van der Waals surface area contributed by atoms with E-state index in [1.807, 2.05) is 24.0 Å². The molecule has 2 atom stereocenters. The summed E-state index contributed by atoms with van der Waals surface area (Å²) < 4.78 is 5.67. The van der Waals surface area contributed by atoms with E-state index in [-0.39, 0.29) is 18.1 Å². The van der Waals surface area contributed by atoms with Crippen molar-refractivity contribution in [2.75, 3.05) is 26.2 Å². The molecule has 0 aromatic carbocycles. The van der Waals surface area contributed by atoms with Gasteiger partial charge < -0.3 is 14.4 Å². The van der Waals surface area contributed by atoms with Crippen LogP contribution in [0.1, 0.15) is 35.5 Å². The highest BCUT2D eigenvalue weighted by Crippen LogP contribution is 2.26. The molecular weight excluding hydrogens is 306 g/mol. The molecule has 1 saturated heterocycles. The van der Waals surface area contributed by atoms with Gasteiger partial charge in [-0.2, -0.15) is 0 Å². The van der Waals surface area contributed by atoms with Gasteiger partial charge in [-0.15, -0.1) is 0 Å². The third-order valence-corrected chi connectivity index (χ3v) is 5.24. The first-order valence-corrected chi connectivity index (χ1v) is 8.70. The highest BCUT2D eigenvalue weighted by Gasteiger charge is 2.34. The molecule has 1 N–H and O–H groups in total. The Morgan fingerprint density at radius 3 is 2.75 bits per heavy atom. The molecule has 128 valence electrons. The Morgan fingerprint density at radius 1 is 1.25 bits per heavy atom. The molecule has 0 radical (unpaired) electrons. The lowest BCUT2D eigenvalue weighted by molar-refractivity contribution is 0.0303. The summed E-state index contributed by atoms with van der Waals surface area (Å²) >= 11 is 0. The number of amides is 1. The smallest absolute Gasteiger partial charge is 0.289 e. The van der Waals surface area contributed by atoms with Gasteiger partial charge in [-0.25, -0.2) is 4.98 Å². The van der Waals surface area contributed by atoms with Gasteiger partial charge >= 0.3 is 0 Å². The van der Waals surface area contributed by atoms with Crippen molar-refractivity contribution >= 4 is 17.0 Å². The lowest BCUT2D eigenvalue weighted by Crippen LogP contribution is -2.53. The quantitative estimate of drug-likeness (QED) is 0.910. The summed E-state index contributed by atoms with van der Waals surface area (Å²) in [5, 5.41) is 10.1. The Morgan fingerprint density at radius 2 is 2.04 bits per heavy atom. The molecule has 2 aromatic rings. The van der Waals surface area contributed by atoms with Crippen molar-refractivity contribution in [1.82, 2.24) is 14.8 Å². The molecule has 1 saturated carbocycles. The molecule has 24 heavy (non-hydrogen) atoms. The van der Waals surface area contributed by atoms with Gasteiger partial charge in [-0.1, -0.05) is 0 Å². The van der Waals surface area contributed by atoms with Crippen LogP contribution in [-0.4, -0.2) is 64.1 Å². The fourth-order valence-corrected chi connectivity index (χ4v) is 3.89. The second kappa shape index (κ2) is 6.18. The normalized spacial score (nSPS) is 25.5. The van der Waals surface area contributed by atoms with Gasteiger partial charge in [0.1, 0.15) is 5.52 Å². The van der Waals surface area contributed by atoms with Crippen LogP contribution in [-0.2, 0) is 0 Å². The van der Waals surface area contributed by atoms with Crippen LogP contribution in [0.2, 0.25) is 0 Å². The fourth-order valence-electron chi connectivity index (χ4n) is 3.89. The minimum atomic E-state index is -0.211. The van der Waals surface area contributed by atoms with E-state index in [2.05, 4.69) is 9.88 Å². The zero-order valence-corrected chi connectivity index (χ0v) is 13.9. The fraction of sp³-hybridized carbons (Fsp3) is 0.556. The topological polar surface area (TPSA) is 69.8 Å². The summed E-state index contributed by atoms with van der Waals surface area (Å²) in [4.78, 5) is 21.2. The van der Waals surface area contributed by atoms with Crippen molar-refractivity contribution in [3.63, 3.8) is 0 Å². The Kier molecular flexibility index (Phi) is 4.02. The highest BCUT2D eigenvalue weighted by atomic mass is 16.3. The zero-order valence-electron chi connectivity index (χ0n) is 13.9. The second-order valence-corrected chi connectivity index (χ2v) is 6.84. The average Bonchev–Trinajstić information content (AvgIpc) is 3.20. The number of nitrogens with zero attached hydrogens (tertiary/aromatic N) is 3. The van der Waals surface area contributed by atoms with E-state index >= 15 is 0 Å². The molecule has 3 heterocycles. The number of piperazine rings is 1. The van der Waals surface area contributed by atoms with E-state index in [0.717, 1.165) is 43.6 Å². The van der Waals surface area contributed by atoms with Crippen molar-refractivity contribution < 1.29 is 14.3 Å². The number of aromatic nitrogens is 1. The third kappa shape index (κ3) is 2.80. The van der Waals surface area contributed by atoms with Gasteiger partial charge in [0.2, 0.25) is 0 Å². The molecule has 6 nitrogen and oxygen atoms in total. The molecule has 2 aromatic heterocycles. The van der Waals surface area contributed by atoms with Gasteiger partial charge in [0.25, 0.3) is 5.91 Å². The maximum atomic E-state index is 12.7. The summed E-state index contributed by atoms with van der Waals surface area (Å²) in [6.45, 7) is 4.89. The van der Waals surface area contributed by atoms with Crippen LogP contribution in [0, 0.1) is 6.92 Å². The van der Waals surface area contributed by atoms with Crippen LogP contribution in [0.15, 0.2) is 22.6 Å². The number of hydrogen-bond acceptors (Lipinski definition) is 5. The number of carbonyl (C=O) groups excluding carboxylic acids is 1. The number of aliphatic hydroxyl groups excluding tert-OH is 1. The van der Waals surface area contributed by atoms with Crippen LogP contribution in [0.4, 0.5) is 0 Å². The van der Waals surface area contributed by atoms with Gasteiger partial charge in [0.05, 0.1) is 6.10 Å². The third-order valence-electron chi connectivity index (χ3n) is 5.24. The SMILES string of the molecule is Cc1ccc2oc(C(=O)N3CCN([C@H]4CCC[C@@H]4O)CC3)cc2n1. The van der Waals surface area contributed by atoms with E-state index in [0.29, 0.717) is 24.4 Å². The summed E-state index contributed by atoms with van der Waals surface area (Å²) in [5.41, 5.74) is 2.29. The molecule has 0 bridgehead atoms. The standard InChI is InChI=1S/C18H23N3O3/c1-12-5-6-16-13(19-12)11-17(24-16)18(23)21-9-7-20(8-10-21)14-3-2-4-15(14)22/h5-6,11,14-15,22H,2-4,7-10H2,1H3/t14-,15-/m0/s1. The second-order valence-electron chi connectivity index (χ2n) is 6.84. The number of fused-ring (bicyclic) bond motifs is 1. The first kappa shape index (κ1) is 15.6. The summed E-state index contributed by atoms with van der Waals surface area (Å²) in [5.74, 6) is 0.287. The van der Waals surface area contributed by atoms with Crippen molar-refractivity contribution in [3.8, 4) is 0 Å². The first-order valence-electron chi connectivity index (χ1n) is 8.70. The molecule has 6 heteroatoms. The minimum absolute atomic E-state index is 0.0720. The monoisotopic (exact) mass is 329 g/mol. The summed E-state index contributed by atoms with van der Waals surface area (Å²) in [6, 6.07) is 5.73. The van der Waals surface area contributed by atoms with Crippen molar-refractivity contribution in [2.24, 2.45) is 0 Å². The van der Waals surface area contributed by atoms with Crippen LogP contribution in [0.5, 0.6) is 0 Å². The van der Waals surface area contributed by atoms with E-state index in [9.17, 15) is 9.90 Å². The predicted molar refractivity (Wildman–Crippen MR) is 89.9 cm³/mol. The number of aliphatic hydroxyl groups is 1. The lowest BCUT2D eigenvalue weighted by Gasteiger charge is -2.38. The minimum Gasteiger partial charge on any atom is -0.449 e. The number of pyridine rings is 1. The molecule has 2 aliphatic rings. The maximum Gasteiger partial charge on any atom is 0.289 e. The van der Waals surface area contributed by atoms with Crippen molar-refractivity contribution in [3.05, 3.63) is 29.7 Å². The van der Waals surface area contributed by atoms with Gasteiger partial charge in [0, 0.05) is 44.0 Å². The number of aryl methyl sites for hydroxylation is 1. The van der Waals surface area contributed by atoms with E-state index in [1.165, 1.54) is 0 Å². The number of furan rings is 1. The van der Waals surface area contributed by atoms with Crippen LogP contribution >= 0.6 is 0 Å². The molecule has 1 aliphatic carbocycles. The average molecular weight is 329 g/mol. The van der Waals surface area contributed by atoms with Crippen LogP contribution in [0.25, 0.3) is 11.1 Å². The predicted octanol–water partition coefficient (Wildman–Crippen LogP) is 1.81. The Bertz CT molecular complexity index is 749. The lowest BCUT2D eigenvalue weighted by atomic mass is 10.1. The number of rotatable bonds is 2. The van der Waals surface area contributed by atoms with Gasteiger partial charge in [-0.05, 0) is 38.3 Å². The van der Waals surface area contributed by atoms with Gasteiger partial charge in [-0.3, -0.25) is 9.69 Å². The Labute approximate surface area is 141 Å². The van der Waals surface area contributed by atoms with Crippen molar-refractivity contribution in [1.29, 1.82) is 0 Å². The molecule has 0 unspecified atom stereocenters. The Hall–Kier alpha value is -1.92. The van der Waals surface area contributed by atoms with Crippen molar-refractivity contribution in [2.45, 2.75) is 38.3 Å². The van der Waals surface area contributed by atoms with E-state index < -0.39 is 0 Å². The summed E-state index contributed by atoms with van der Waals surface area (Å²) in [6.07, 6.45) is 2.84. The zero-order chi connectivity index (χ0) is 16.7. The molecule has 0 spiro atoms. The molecule has 1 aliphatic heterocycles. The first-order chi connectivity index (χ1) is 11.6. The van der Waals surface area contributed by atoms with E-state index in [4.69, 9.17) is 4.42 Å². The molecule has 1 amide bonds. The van der Waals surface area contributed by atoms with E-state index in [1.54, 1.807) is 6.07 Å².